The highest BCUT2D eigenvalue weighted by Crippen LogP contribution is 2.30. The second-order valence-corrected chi connectivity index (χ2v) is 5.73. The zero-order chi connectivity index (χ0) is 12.7. The highest BCUT2D eigenvalue weighted by molar-refractivity contribution is 5.95. The Balaban J connectivity index is 1.73. The van der Waals surface area contributed by atoms with Crippen LogP contribution in [0, 0.1) is 6.92 Å². The van der Waals surface area contributed by atoms with Crippen molar-refractivity contribution in [1.82, 2.24) is 15.2 Å². The number of aromatic amines is 1. The van der Waals surface area contributed by atoms with Crippen molar-refractivity contribution in [2.24, 2.45) is 0 Å². The maximum absolute atomic E-state index is 12.4. The Morgan fingerprint density at radius 3 is 2.50 bits per heavy atom. The maximum Gasteiger partial charge on any atom is 0.255 e. The number of hydrogen-bond acceptors (Lipinski definition) is 2. The van der Waals surface area contributed by atoms with Gasteiger partial charge in [0.05, 0.1) is 5.56 Å². The molecular weight excluding hydrogens is 226 g/mol. The number of amides is 1. The van der Waals surface area contributed by atoms with Gasteiger partial charge in [0, 0.05) is 37.6 Å². The van der Waals surface area contributed by atoms with Crippen LogP contribution in [0.3, 0.4) is 0 Å². The number of aromatic nitrogens is 1. The summed E-state index contributed by atoms with van der Waals surface area (Å²) in [5, 5.41) is 3.62. The summed E-state index contributed by atoms with van der Waals surface area (Å²) in [5.74, 6) is 0.153. The molecule has 2 aliphatic heterocycles. The van der Waals surface area contributed by atoms with Crippen LogP contribution >= 0.6 is 0 Å². The predicted octanol–water partition coefficient (Wildman–Crippen LogP) is 1.68. The smallest absolute Gasteiger partial charge is 0.255 e. The lowest BCUT2D eigenvalue weighted by Crippen LogP contribution is -2.48. The molecule has 4 heteroatoms. The van der Waals surface area contributed by atoms with E-state index in [1.807, 2.05) is 31.3 Å². The largest absolute Gasteiger partial charge is 0.367 e. The monoisotopic (exact) mass is 247 g/mol. The summed E-state index contributed by atoms with van der Waals surface area (Å²) in [6, 6.07) is 1.64. The highest BCUT2D eigenvalue weighted by atomic mass is 16.2. The molecule has 0 aromatic carbocycles. The van der Waals surface area contributed by atoms with Gasteiger partial charge in [-0.2, -0.15) is 0 Å². The summed E-state index contributed by atoms with van der Waals surface area (Å²) < 4.78 is 0. The van der Waals surface area contributed by atoms with E-state index in [1.54, 1.807) is 0 Å². The molecular formula is C14H21N3O. The lowest BCUT2D eigenvalue weighted by Gasteiger charge is -2.35. The molecule has 2 atom stereocenters. The molecule has 18 heavy (non-hydrogen) atoms. The van der Waals surface area contributed by atoms with Crippen LogP contribution in [0.2, 0.25) is 0 Å². The van der Waals surface area contributed by atoms with E-state index in [9.17, 15) is 4.79 Å². The number of piperidine rings is 1. The summed E-state index contributed by atoms with van der Waals surface area (Å²) in [6.07, 6.45) is 8.43. The van der Waals surface area contributed by atoms with Gasteiger partial charge in [-0.3, -0.25) is 4.79 Å². The molecule has 2 fully saturated rings. The Morgan fingerprint density at radius 1 is 1.28 bits per heavy atom. The number of nitrogens with one attached hydrogen (secondary N) is 2. The van der Waals surface area contributed by atoms with Crippen molar-refractivity contribution in [3.8, 4) is 0 Å². The Morgan fingerprint density at radius 2 is 1.94 bits per heavy atom. The molecule has 1 aromatic rings. The number of aryl methyl sites for hydroxylation is 1. The predicted molar refractivity (Wildman–Crippen MR) is 70.6 cm³/mol. The van der Waals surface area contributed by atoms with Crippen LogP contribution in [0.4, 0.5) is 0 Å². The van der Waals surface area contributed by atoms with Gasteiger partial charge in [-0.25, -0.2) is 0 Å². The molecule has 1 amide bonds. The van der Waals surface area contributed by atoms with Crippen LogP contribution in [-0.2, 0) is 0 Å². The minimum absolute atomic E-state index is 0.153. The van der Waals surface area contributed by atoms with Crippen LogP contribution in [0.25, 0.3) is 0 Å². The summed E-state index contributed by atoms with van der Waals surface area (Å²) in [6.45, 7) is 1.98. The standard InChI is InChI=1S/C14H21N3O/c1-9-7-15-8-13(9)14(18)17(2)12-5-10-3-4-11(6-12)16-10/h7-8,10-12,15-16H,3-6H2,1-2H3. The van der Waals surface area contributed by atoms with Crippen molar-refractivity contribution in [3.63, 3.8) is 0 Å². The minimum Gasteiger partial charge on any atom is -0.367 e. The first-order valence-corrected chi connectivity index (χ1v) is 6.81. The van der Waals surface area contributed by atoms with Crippen molar-refractivity contribution in [1.29, 1.82) is 0 Å². The van der Waals surface area contributed by atoms with E-state index in [4.69, 9.17) is 0 Å². The normalized spacial score (nSPS) is 30.4. The average molecular weight is 247 g/mol. The second-order valence-electron chi connectivity index (χ2n) is 5.73. The number of H-pyrrole nitrogens is 1. The number of carbonyl (C=O) groups is 1. The first-order chi connectivity index (χ1) is 8.65. The quantitative estimate of drug-likeness (QED) is 0.835. The number of fused-ring (bicyclic) bond motifs is 2. The molecule has 98 valence electrons. The highest BCUT2D eigenvalue weighted by Gasteiger charge is 2.36. The molecule has 0 saturated carbocycles. The lowest BCUT2D eigenvalue weighted by atomic mass is 9.98. The second kappa shape index (κ2) is 4.43. The first kappa shape index (κ1) is 11.8. The summed E-state index contributed by atoms with van der Waals surface area (Å²) in [4.78, 5) is 17.4. The third-order valence-corrected chi connectivity index (χ3v) is 4.50. The van der Waals surface area contributed by atoms with Crippen molar-refractivity contribution in [2.45, 2.75) is 50.7 Å². The van der Waals surface area contributed by atoms with Crippen LogP contribution in [0.5, 0.6) is 0 Å². The zero-order valence-electron chi connectivity index (χ0n) is 11.1. The van der Waals surface area contributed by atoms with Crippen molar-refractivity contribution in [2.75, 3.05) is 7.05 Å². The molecule has 2 saturated heterocycles. The number of rotatable bonds is 2. The molecule has 4 nitrogen and oxygen atoms in total. The van der Waals surface area contributed by atoms with Gasteiger partial charge in [-0.15, -0.1) is 0 Å². The van der Waals surface area contributed by atoms with Crippen molar-refractivity contribution in [3.05, 3.63) is 23.5 Å². The Labute approximate surface area is 108 Å². The third kappa shape index (κ3) is 1.94. The SMILES string of the molecule is Cc1c[nH]cc1C(=O)N(C)C1CC2CCC(C1)N2. The van der Waals surface area contributed by atoms with E-state index in [1.165, 1.54) is 12.8 Å². The molecule has 3 heterocycles. The van der Waals surface area contributed by atoms with E-state index in [2.05, 4.69) is 10.3 Å². The zero-order valence-corrected chi connectivity index (χ0v) is 11.1. The van der Waals surface area contributed by atoms with E-state index in [0.29, 0.717) is 18.1 Å². The van der Waals surface area contributed by atoms with Gasteiger partial charge in [0.2, 0.25) is 0 Å². The van der Waals surface area contributed by atoms with Gasteiger partial charge in [-0.05, 0) is 38.2 Å². The van der Waals surface area contributed by atoms with Crippen LogP contribution < -0.4 is 5.32 Å². The Kier molecular flexibility index (Phi) is 2.90. The fraction of sp³-hybridized carbons (Fsp3) is 0.643. The molecule has 0 spiro atoms. The number of hydrogen-bond donors (Lipinski definition) is 2. The fourth-order valence-corrected chi connectivity index (χ4v) is 3.37. The topological polar surface area (TPSA) is 48.1 Å². The van der Waals surface area contributed by atoms with E-state index in [-0.39, 0.29) is 5.91 Å². The van der Waals surface area contributed by atoms with Gasteiger partial charge in [0.1, 0.15) is 0 Å². The molecule has 2 unspecified atom stereocenters. The maximum atomic E-state index is 12.4. The molecule has 1 aromatic heterocycles. The minimum atomic E-state index is 0.153. The molecule has 3 rings (SSSR count). The summed E-state index contributed by atoms with van der Waals surface area (Å²) in [5.41, 5.74) is 1.84. The molecule has 0 radical (unpaired) electrons. The molecule has 2 N–H and O–H groups in total. The summed E-state index contributed by atoms with van der Waals surface area (Å²) in [7, 11) is 1.95. The van der Waals surface area contributed by atoms with Crippen LogP contribution in [-0.4, -0.2) is 41.0 Å². The van der Waals surface area contributed by atoms with Gasteiger partial charge in [0.15, 0.2) is 0 Å². The Hall–Kier alpha value is -1.29. The van der Waals surface area contributed by atoms with Crippen molar-refractivity contribution >= 4 is 5.91 Å². The van der Waals surface area contributed by atoms with Gasteiger partial charge in [0.25, 0.3) is 5.91 Å². The third-order valence-electron chi connectivity index (χ3n) is 4.50. The molecule has 2 aliphatic rings. The fourth-order valence-electron chi connectivity index (χ4n) is 3.37. The average Bonchev–Trinajstić information content (AvgIpc) is 2.93. The van der Waals surface area contributed by atoms with E-state index >= 15 is 0 Å². The number of carbonyl (C=O) groups excluding carboxylic acids is 1. The molecule has 2 bridgehead atoms. The first-order valence-electron chi connectivity index (χ1n) is 6.81. The lowest BCUT2D eigenvalue weighted by molar-refractivity contribution is 0.0681. The van der Waals surface area contributed by atoms with Gasteiger partial charge < -0.3 is 15.2 Å². The van der Waals surface area contributed by atoms with E-state index < -0.39 is 0 Å². The van der Waals surface area contributed by atoms with Gasteiger partial charge in [-0.1, -0.05) is 0 Å². The van der Waals surface area contributed by atoms with E-state index in [0.717, 1.165) is 24.0 Å². The Bertz CT molecular complexity index is 442. The van der Waals surface area contributed by atoms with Crippen molar-refractivity contribution < 1.29 is 4.79 Å². The van der Waals surface area contributed by atoms with Crippen LogP contribution in [0.1, 0.15) is 41.6 Å². The summed E-state index contributed by atoms with van der Waals surface area (Å²) >= 11 is 0. The van der Waals surface area contributed by atoms with Crippen LogP contribution in [0.15, 0.2) is 12.4 Å². The number of nitrogens with zero attached hydrogens (tertiary/aromatic N) is 1. The molecule has 0 aliphatic carbocycles. The van der Waals surface area contributed by atoms with Gasteiger partial charge >= 0.3 is 0 Å².